The minimum Gasteiger partial charge on any atom is -0.245 e. The van der Waals surface area contributed by atoms with Crippen LogP contribution in [0.4, 0.5) is 0 Å². The first-order valence-corrected chi connectivity index (χ1v) is 9.40. The fourth-order valence-corrected chi connectivity index (χ4v) is 4.99. The van der Waals surface area contributed by atoms with E-state index < -0.39 is 10.0 Å². The van der Waals surface area contributed by atoms with Gasteiger partial charge in [-0.1, -0.05) is 23.7 Å². The fraction of sp³-hybridized carbons (Fsp3) is 0.357. The molecule has 0 spiro atoms. The van der Waals surface area contributed by atoms with Crippen LogP contribution in [-0.2, 0) is 10.0 Å². The molecule has 0 radical (unpaired) electrons. The fourth-order valence-electron chi connectivity index (χ4n) is 2.19. The van der Waals surface area contributed by atoms with Gasteiger partial charge in [-0.15, -0.1) is 11.3 Å². The van der Waals surface area contributed by atoms with Gasteiger partial charge < -0.3 is 0 Å². The van der Waals surface area contributed by atoms with Gasteiger partial charge in [-0.3, -0.25) is 0 Å². The van der Waals surface area contributed by atoms with Crippen molar-refractivity contribution in [1.29, 1.82) is 0 Å². The summed E-state index contributed by atoms with van der Waals surface area (Å²) in [6.07, 6.45) is 2.04. The largest absolute Gasteiger partial charge is 0.245 e. The van der Waals surface area contributed by atoms with Crippen LogP contribution < -0.4 is 4.72 Å². The monoisotopic (exact) mass is 342 g/mol. The summed E-state index contributed by atoms with van der Waals surface area (Å²) < 4.78 is 27.9. The normalized spacial score (nSPS) is 16.9. The second-order valence-electron chi connectivity index (χ2n) is 5.19. The van der Waals surface area contributed by atoms with E-state index in [2.05, 4.69) is 9.71 Å². The molecule has 1 unspecified atom stereocenters. The van der Waals surface area contributed by atoms with E-state index in [9.17, 15) is 8.42 Å². The first-order valence-electron chi connectivity index (χ1n) is 6.66. The maximum Gasteiger partial charge on any atom is 0.242 e. The number of aromatic nitrogens is 1. The Morgan fingerprint density at radius 2 is 2.10 bits per heavy atom. The molecule has 1 heterocycles. The van der Waals surface area contributed by atoms with Crippen molar-refractivity contribution in [3.05, 3.63) is 45.4 Å². The number of sulfonamides is 1. The van der Waals surface area contributed by atoms with Crippen LogP contribution in [0.1, 0.15) is 29.6 Å². The van der Waals surface area contributed by atoms with Crippen LogP contribution in [0.3, 0.4) is 0 Å². The van der Waals surface area contributed by atoms with Gasteiger partial charge >= 0.3 is 0 Å². The van der Waals surface area contributed by atoms with E-state index >= 15 is 0 Å². The van der Waals surface area contributed by atoms with E-state index in [1.54, 1.807) is 18.2 Å². The molecule has 0 saturated heterocycles. The molecule has 2 aromatic rings. The Balaban J connectivity index is 1.91. The van der Waals surface area contributed by atoms with E-state index in [1.807, 2.05) is 12.3 Å². The third-order valence-electron chi connectivity index (χ3n) is 3.40. The van der Waals surface area contributed by atoms with Crippen molar-refractivity contribution >= 4 is 33.0 Å². The number of aryl methyl sites for hydroxylation is 1. The number of thiazole rings is 1. The molecule has 1 aromatic carbocycles. The van der Waals surface area contributed by atoms with Gasteiger partial charge in [-0.2, -0.15) is 0 Å². The summed E-state index contributed by atoms with van der Waals surface area (Å²) in [4.78, 5) is 4.55. The summed E-state index contributed by atoms with van der Waals surface area (Å²) in [7, 11) is -3.65. The predicted molar refractivity (Wildman–Crippen MR) is 84.1 cm³/mol. The summed E-state index contributed by atoms with van der Waals surface area (Å²) in [5, 5.41) is 3.00. The number of halogens is 1. The maximum absolute atomic E-state index is 12.6. The van der Waals surface area contributed by atoms with Crippen LogP contribution in [0.5, 0.6) is 0 Å². The lowest BCUT2D eigenvalue weighted by atomic mass is 10.2. The van der Waals surface area contributed by atoms with Gasteiger partial charge in [0.15, 0.2) is 0 Å². The lowest BCUT2D eigenvalue weighted by Crippen LogP contribution is -2.30. The summed E-state index contributed by atoms with van der Waals surface area (Å²) in [5.41, 5.74) is 0.914. The van der Waals surface area contributed by atoms with Gasteiger partial charge in [0.2, 0.25) is 10.0 Å². The van der Waals surface area contributed by atoms with Gasteiger partial charge in [0, 0.05) is 11.1 Å². The van der Waals surface area contributed by atoms with E-state index in [0.717, 1.165) is 23.5 Å². The molecular formula is C14H15ClN2O2S2. The van der Waals surface area contributed by atoms with E-state index in [0.29, 0.717) is 5.92 Å². The molecule has 4 nitrogen and oxygen atoms in total. The second kappa shape index (κ2) is 5.68. The van der Waals surface area contributed by atoms with Crippen LogP contribution in [0.2, 0.25) is 5.02 Å². The lowest BCUT2D eigenvalue weighted by Gasteiger charge is -2.16. The topological polar surface area (TPSA) is 59.1 Å². The van der Waals surface area contributed by atoms with Crippen molar-refractivity contribution in [3.8, 4) is 0 Å². The number of nitrogens with zero attached hydrogens (tertiary/aromatic N) is 1. The number of hydrogen-bond acceptors (Lipinski definition) is 4. The molecule has 0 aliphatic heterocycles. The quantitative estimate of drug-likeness (QED) is 0.904. The maximum atomic E-state index is 12.6. The third-order valence-corrected chi connectivity index (χ3v) is 6.39. The highest BCUT2D eigenvalue weighted by Gasteiger charge is 2.37. The Morgan fingerprint density at radius 1 is 1.38 bits per heavy atom. The molecule has 1 aromatic heterocycles. The molecule has 1 saturated carbocycles. The zero-order chi connectivity index (χ0) is 15.0. The Kier molecular flexibility index (Phi) is 4.05. The third kappa shape index (κ3) is 3.29. The van der Waals surface area contributed by atoms with Crippen LogP contribution in [0.25, 0.3) is 0 Å². The Hall–Kier alpha value is -0.950. The Labute approximate surface area is 133 Å². The molecule has 112 valence electrons. The predicted octanol–water partition coefficient (Wildman–Crippen LogP) is 3.53. The molecule has 1 aliphatic carbocycles. The van der Waals surface area contributed by atoms with Gasteiger partial charge in [-0.25, -0.2) is 18.1 Å². The van der Waals surface area contributed by atoms with E-state index in [1.165, 1.54) is 17.4 Å². The average molecular weight is 343 g/mol. The van der Waals surface area contributed by atoms with Crippen LogP contribution in [0, 0.1) is 12.8 Å². The van der Waals surface area contributed by atoms with Gasteiger partial charge in [0.1, 0.15) is 9.90 Å². The molecule has 1 N–H and O–H groups in total. The minimum atomic E-state index is -3.65. The van der Waals surface area contributed by atoms with E-state index in [4.69, 9.17) is 11.6 Å². The molecule has 0 bridgehead atoms. The zero-order valence-corrected chi connectivity index (χ0v) is 13.8. The van der Waals surface area contributed by atoms with Crippen molar-refractivity contribution in [1.82, 2.24) is 9.71 Å². The van der Waals surface area contributed by atoms with Gasteiger partial charge in [0.05, 0.1) is 11.1 Å². The van der Waals surface area contributed by atoms with Crippen molar-refractivity contribution in [2.75, 3.05) is 0 Å². The van der Waals surface area contributed by atoms with Crippen molar-refractivity contribution < 1.29 is 8.42 Å². The molecule has 1 fully saturated rings. The SMILES string of the molecule is Cc1csc(C(NS(=O)(=O)c2ccccc2Cl)C2CC2)n1. The first-order chi connectivity index (χ1) is 9.97. The number of hydrogen-bond donors (Lipinski definition) is 1. The zero-order valence-electron chi connectivity index (χ0n) is 11.4. The average Bonchev–Trinajstić information content (AvgIpc) is 3.18. The van der Waals surface area contributed by atoms with E-state index in [-0.39, 0.29) is 16.0 Å². The second-order valence-corrected chi connectivity index (χ2v) is 8.17. The Bertz CT molecular complexity index is 754. The lowest BCUT2D eigenvalue weighted by molar-refractivity contribution is 0.527. The Morgan fingerprint density at radius 3 is 2.67 bits per heavy atom. The molecule has 21 heavy (non-hydrogen) atoms. The molecule has 1 aliphatic rings. The summed E-state index contributed by atoms with van der Waals surface area (Å²) >= 11 is 7.50. The summed E-state index contributed by atoms with van der Waals surface area (Å²) in [6.45, 7) is 1.91. The van der Waals surface area contributed by atoms with Crippen LogP contribution in [0.15, 0.2) is 34.5 Å². The van der Waals surface area contributed by atoms with Gasteiger partial charge in [-0.05, 0) is 37.8 Å². The highest BCUT2D eigenvalue weighted by molar-refractivity contribution is 7.89. The van der Waals surface area contributed by atoms with Crippen LogP contribution in [-0.4, -0.2) is 13.4 Å². The van der Waals surface area contributed by atoms with Crippen LogP contribution >= 0.6 is 22.9 Å². The standard InChI is InChI=1S/C14H15ClN2O2S2/c1-9-8-20-14(16-9)13(10-6-7-10)17-21(18,19)12-5-3-2-4-11(12)15/h2-5,8,10,13,17H,6-7H2,1H3. The molecular weight excluding hydrogens is 328 g/mol. The van der Waals surface area contributed by atoms with Crippen molar-refractivity contribution in [2.24, 2.45) is 5.92 Å². The van der Waals surface area contributed by atoms with Crippen molar-refractivity contribution in [2.45, 2.75) is 30.7 Å². The van der Waals surface area contributed by atoms with Crippen molar-refractivity contribution in [3.63, 3.8) is 0 Å². The number of benzene rings is 1. The number of rotatable bonds is 5. The smallest absolute Gasteiger partial charge is 0.242 e. The minimum absolute atomic E-state index is 0.116. The molecule has 3 rings (SSSR count). The molecule has 1 atom stereocenters. The number of nitrogens with one attached hydrogen (secondary N) is 1. The summed E-state index contributed by atoms with van der Waals surface area (Å²) in [5.74, 6) is 0.327. The van der Waals surface area contributed by atoms with Gasteiger partial charge in [0.25, 0.3) is 0 Å². The molecule has 0 amide bonds. The molecule has 7 heteroatoms. The highest BCUT2D eigenvalue weighted by atomic mass is 35.5. The first kappa shape index (κ1) is 15.0. The highest BCUT2D eigenvalue weighted by Crippen LogP contribution is 2.42. The summed E-state index contributed by atoms with van der Waals surface area (Å²) in [6, 6.07) is 6.21.